The molecule has 1 unspecified atom stereocenters. The Balaban J connectivity index is 1.91. The smallest absolute Gasteiger partial charge is 0.160 e. The number of aliphatic hydroxyl groups excluding tert-OH is 1. The highest BCUT2D eigenvalue weighted by atomic mass is 19.2. The summed E-state index contributed by atoms with van der Waals surface area (Å²) < 4.78 is 36.9. The lowest BCUT2D eigenvalue weighted by atomic mass is 10.2. The summed E-state index contributed by atoms with van der Waals surface area (Å²) in [6, 6.07) is 10.7. The molecule has 0 amide bonds. The molecular formula is C18H21F2NO3. The van der Waals surface area contributed by atoms with Crippen LogP contribution in [0.5, 0.6) is 11.5 Å². The lowest BCUT2D eigenvalue weighted by Crippen LogP contribution is -2.35. The van der Waals surface area contributed by atoms with Gasteiger partial charge in [0.2, 0.25) is 0 Å². The van der Waals surface area contributed by atoms with Gasteiger partial charge < -0.3 is 19.5 Å². The van der Waals surface area contributed by atoms with Crippen molar-refractivity contribution in [2.45, 2.75) is 13.0 Å². The Morgan fingerprint density at radius 2 is 1.71 bits per heavy atom. The number of hydrogen-bond donors (Lipinski definition) is 1. The van der Waals surface area contributed by atoms with E-state index in [1.54, 1.807) is 36.3 Å². The minimum atomic E-state index is -0.907. The number of benzene rings is 2. The molecule has 130 valence electrons. The standard InChI is InChI=1S/C18H21F2NO3/c1-3-21(13-4-9-17(19)18(20)10-13)11-14(22)12-24-16-7-5-15(23-2)6-8-16/h4-10,14,22H,3,11-12H2,1-2H3. The van der Waals surface area contributed by atoms with Crippen LogP contribution in [0.1, 0.15) is 6.92 Å². The molecule has 0 aliphatic rings. The van der Waals surface area contributed by atoms with E-state index in [2.05, 4.69) is 0 Å². The summed E-state index contributed by atoms with van der Waals surface area (Å²) in [4.78, 5) is 1.75. The highest BCUT2D eigenvalue weighted by Crippen LogP contribution is 2.19. The molecule has 24 heavy (non-hydrogen) atoms. The number of likely N-dealkylation sites (N-methyl/N-ethyl adjacent to an activating group) is 1. The van der Waals surface area contributed by atoms with Crippen LogP contribution in [0.15, 0.2) is 42.5 Å². The van der Waals surface area contributed by atoms with Crippen LogP contribution in [-0.2, 0) is 0 Å². The SMILES string of the molecule is CCN(CC(O)COc1ccc(OC)cc1)c1ccc(F)c(F)c1. The van der Waals surface area contributed by atoms with Crippen LogP contribution in [0.2, 0.25) is 0 Å². The second kappa shape index (κ2) is 8.49. The predicted octanol–water partition coefficient (Wildman–Crippen LogP) is 3.24. The second-order valence-corrected chi connectivity index (χ2v) is 5.28. The summed E-state index contributed by atoms with van der Waals surface area (Å²) >= 11 is 0. The van der Waals surface area contributed by atoms with Crippen molar-refractivity contribution in [2.24, 2.45) is 0 Å². The number of methoxy groups -OCH3 is 1. The van der Waals surface area contributed by atoms with Crippen molar-refractivity contribution in [3.63, 3.8) is 0 Å². The molecule has 2 aromatic rings. The number of hydrogen-bond acceptors (Lipinski definition) is 4. The van der Waals surface area contributed by atoms with Gasteiger partial charge in [-0.1, -0.05) is 0 Å². The topological polar surface area (TPSA) is 41.9 Å². The van der Waals surface area contributed by atoms with Gasteiger partial charge in [0.1, 0.15) is 24.2 Å². The van der Waals surface area contributed by atoms with Gasteiger partial charge in [-0.3, -0.25) is 0 Å². The average Bonchev–Trinajstić information content (AvgIpc) is 2.60. The molecule has 0 bridgehead atoms. The van der Waals surface area contributed by atoms with Gasteiger partial charge in [0.05, 0.1) is 7.11 Å². The minimum absolute atomic E-state index is 0.0898. The molecule has 1 atom stereocenters. The van der Waals surface area contributed by atoms with E-state index in [4.69, 9.17) is 9.47 Å². The van der Waals surface area contributed by atoms with Gasteiger partial charge in [-0.2, -0.15) is 0 Å². The van der Waals surface area contributed by atoms with Gasteiger partial charge in [0.15, 0.2) is 11.6 Å². The molecular weight excluding hydrogens is 316 g/mol. The zero-order valence-corrected chi connectivity index (χ0v) is 13.7. The van der Waals surface area contributed by atoms with Crippen molar-refractivity contribution in [3.05, 3.63) is 54.1 Å². The molecule has 0 saturated heterocycles. The summed E-state index contributed by atoms with van der Waals surface area (Å²) in [5, 5.41) is 10.1. The minimum Gasteiger partial charge on any atom is -0.497 e. The Bertz CT molecular complexity index is 649. The number of anilines is 1. The van der Waals surface area contributed by atoms with Crippen LogP contribution in [0.3, 0.4) is 0 Å². The maximum Gasteiger partial charge on any atom is 0.160 e. The summed E-state index contributed by atoms with van der Waals surface area (Å²) in [5.41, 5.74) is 0.514. The number of halogens is 2. The largest absolute Gasteiger partial charge is 0.497 e. The normalized spacial score (nSPS) is 11.9. The first-order chi connectivity index (χ1) is 11.5. The predicted molar refractivity (Wildman–Crippen MR) is 88.7 cm³/mol. The van der Waals surface area contributed by atoms with Gasteiger partial charge in [-0.25, -0.2) is 8.78 Å². The van der Waals surface area contributed by atoms with Gasteiger partial charge in [0, 0.05) is 24.8 Å². The van der Waals surface area contributed by atoms with Gasteiger partial charge in [-0.05, 0) is 43.3 Å². The molecule has 0 radical (unpaired) electrons. The van der Waals surface area contributed by atoms with Gasteiger partial charge >= 0.3 is 0 Å². The van der Waals surface area contributed by atoms with Crippen LogP contribution < -0.4 is 14.4 Å². The van der Waals surface area contributed by atoms with E-state index in [1.807, 2.05) is 6.92 Å². The fourth-order valence-electron chi connectivity index (χ4n) is 2.27. The van der Waals surface area contributed by atoms with E-state index in [1.165, 1.54) is 6.07 Å². The van der Waals surface area contributed by atoms with Crippen molar-refractivity contribution in [3.8, 4) is 11.5 Å². The molecule has 0 fully saturated rings. The van der Waals surface area contributed by atoms with Gasteiger partial charge in [-0.15, -0.1) is 0 Å². The molecule has 1 N–H and O–H groups in total. The number of nitrogens with zero attached hydrogens (tertiary/aromatic N) is 1. The molecule has 0 aliphatic carbocycles. The van der Waals surface area contributed by atoms with E-state index in [0.29, 0.717) is 18.0 Å². The fraction of sp³-hybridized carbons (Fsp3) is 0.333. The zero-order valence-electron chi connectivity index (χ0n) is 13.7. The summed E-state index contributed by atoms with van der Waals surface area (Å²) in [6.45, 7) is 2.76. The van der Waals surface area contributed by atoms with Crippen molar-refractivity contribution < 1.29 is 23.4 Å². The van der Waals surface area contributed by atoms with Crippen LogP contribution >= 0.6 is 0 Å². The molecule has 2 aromatic carbocycles. The van der Waals surface area contributed by atoms with Crippen molar-refractivity contribution in [1.82, 2.24) is 0 Å². The maximum atomic E-state index is 13.3. The lowest BCUT2D eigenvalue weighted by Gasteiger charge is -2.26. The molecule has 0 saturated carbocycles. The highest BCUT2D eigenvalue weighted by Gasteiger charge is 2.14. The van der Waals surface area contributed by atoms with Crippen LogP contribution in [0, 0.1) is 11.6 Å². The van der Waals surface area contributed by atoms with Crippen molar-refractivity contribution in [2.75, 3.05) is 31.7 Å². The van der Waals surface area contributed by atoms with Crippen LogP contribution in [0.25, 0.3) is 0 Å². The first-order valence-corrected chi connectivity index (χ1v) is 7.68. The monoisotopic (exact) mass is 337 g/mol. The third kappa shape index (κ3) is 4.83. The molecule has 0 aromatic heterocycles. The molecule has 0 spiro atoms. The molecule has 4 nitrogen and oxygen atoms in total. The maximum absolute atomic E-state index is 13.3. The second-order valence-electron chi connectivity index (χ2n) is 5.28. The Morgan fingerprint density at radius 3 is 2.29 bits per heavy atom. The number of rotatable bonds is 8. The Hall–Kier alpha value is -2.34. The van der Waals surface area contributed by atoms with E-state index in [-0.39, 0.29) is 13.2 Å². The van der Waals surface area contributed by atoms with E-state index in [0.717, 1.165) is 17.9 Å². The first kappa shape index (κ1) is 18.0. The zero-order chi connectivity index (χ0) is 17.5. The van der Waals surface area contributed by atoms with E-state index >= 15 is 0 Å². The number of aliphatic hydroxyl groups is 1. The van der Waals surface area contributed by atoms with Crippen LogP contribution in [-0.4, -0.2) is 38.0 Å². The molecule has 2 rings (SSSR count). The quantitative estimate of drug-likeness (QED) is 0.803. The summed E-state index contributed by atoms with van der Waals surface area (Å²) in [6.07, 6.45) is -0.778. The first-order valence-electron chi connectivity index (χ1n) is 7.68. The third-order valence-electron chi connectivity index (χ3n) is 3.58. The lowest BCUT2D eigenvalue weighted by molar-refractivity contribution is 0.112. The van der Waals surface area contributed by atoms with E-state index in [9.17, 15) is 13.9 Å². The Kier molecular flexibility index (Phi) is 6.37. The van der Waals surface area contributed by atoms with Gasteiger partial charge in [0.25, 0.3) is 0 Å². The van der Waals surface area contributed by atoms with Crippen LogP contribution in [0.4, 0.5) is 14.5 Å². The third-order valence-corrected chi connectivity index (χ3v) is 3.58. The summed E-state index contributed by atoms with van der Waals surface area (Å²) in [7, 11) is 1.58. The molecule has 0 heterocycles. The Morgan fingerprint density at radius 1 is 1.04 bits per heavy atom. The average molecular weight is 337 g/mol. The summed E-state index contributed by atoms with van der Waals surface area (Å²) in [5.74, 6) is -0.461. The molecule has 6 heteroatoms. The fourth-order valence-corrected chi connectivity index (χ4v) is 2.27. The van der Waals surface area contributed by atoms with E-state index < -0.39 is 17.7 Å². The molecule has 0 aliphatic heterocycles. The highest BCUT2D eigenvalue weighted by molar-refractivity contribution is 5.46. The number of ether oxygens (including phenoxy) is 2. The van der Waals surface area contributed by atoms with Crippen molar-refractivity contribution >= 4 is 5.69 Å². The van der Waals surface area contributed by atoms with Crippen molar-refractivity contribution in [1.29, 1.82) is 0 Å². The Labute approximate surface area is 140 Å².